The zero-order valence-corrected chi connectivity index (χ0v) is 11.7. The predicted octanol–water partition coefficient (Wildman–Crippen LogP) is -1.55. The summed E-state index contributed by atoms with van der Waals surface area (Å²) in [6, 6.07) is 4.21. The van der Waals surface area contributed by atoms with E-state index in [1.54, 1.807) is 0 Å². The Bertz CT molecular complexity index is 573. The molecule has 0 saturated heterocycles. The van der Waals surface area contributed by atoms with Gasteiger partial charge in [-0.1, -0.05) is 0 Å². The zero-order valence-electron chi connectivity index (χ0n) is 10.9. The van der Waals surface area contributed by atoms with Crippen LogP contribution in [0.5, 0.6) is 0 Å². The van der Waals surface area contributed by atoms with Crippen LogP contribution >= 0.6 is 0 Å². The standard InChI is InChI=1S/C11H19N5O3S/c12-3-4-15-7-16-10-2-1-8(5-9(10)13)20(18,19)6-11(14)17/h1-2,5,15-16H,3-4,6-7,12-13H2,(H2,14,17). The Hall–Kier alpha value is -1.84. The fourth-order valence-corrected chi connectivity index (χ4v) is 2.64. The van der Waals surface area contributed by atoms with Gasteiger partial charge in [-0.25, -0.2) is 8.42 Å². The Labute approximate surface area is 117 Å². The Morgan fingerprint density at radius 3 is 2.55 bits per heavy atom. The lowest BCUT2D eigenvalue weighted by atomic mass is 10.3. The minimum absolute atomic E-state index is 0.0331. The Morgan fingerprint density at radius 1 is 1.30 bits per heavy atom. The highest BCUT2D eigenvalue weighted by Crippen LogP contribution is 2.22. The molecule has 0 fully saturated rings. The SMILES string of the molecule is NCCNCNc1ccc(S(=O)(=O)CC(N)=O)cc1N. The number of nitrogens with one attached hydrogen (secondary N) is 2. The molecule has 9 heteroatoms. The largest absolute Gasteiger partial charge is 0.397 e. The third kappa shape index (κ3) is 4.68. The van der Waals surface area contributed by atoms with Crippen LogP contribution in [0.15, 0.2) is 23.1 Å². The van der Waals surface area contributed by atoms with Crippen molar-refractivity contribution in [1.29, 1.82) is 0 Å². The molecule has 0 aliphatic carbocycles. The summed E-state index contributed by atoms with van der Waals surface area (Å²) in [6.45, 7) is 1.62. The van der Waals surface area contributed by atoms with Gasteiger partial charge in [-0.2, -0.15) is 0 Å². The summed E-state index contributed by atoms with van der Waals surface area (Å²) in [5.74, 6) is -1.64. The van der Waals surface area contributed by atoms with Crippen molar-refractivity contribution in [3.63, 3.8) is 0 Å². The number of nitrogen functional groups attached to an aromatic ring is 1. The number of primary amides is 1. The minimum atomic E-state index is -3.74. The van der Waals surface area contributed by atoms with Crippen LogP contribution in [0.3, 0.4) is 0 Å². The molecule has 0 bridgehead atoms. The summed E-state index contributed by atoms with van der Waals surface area (Å²) in [5, 5.41) is 6.00. The zero-order chi connectivity index (χ0) is 15.2. The van der Waals surface area contributed by atoms with Crippen molar-refractivity contribution in [3.8, 4) is 0 Å². The summed E-state index contributed by atoms with van der Waals surface area (Å²) >= 11 is 0. The highest BCUT2D eigenvalue weighted by Gasteiger charge is 2.18. The van der Waals surface area contributed by atoms with E-state index >= 15 is 0 Å². The Balaban J connectivity index is 2.80. The summed E-state index contributed by atoms with van der Waals surface area (Å²) in [5.41, 5.74) is 16.9. The van der Waals surface area contributed by atoms with E-state index < -0.39 is 21.5 Å². The minimum Gasteiger partial charge on any atom is -0.397 e. The van der Waals surface area contributed by atoms with Gasteiger partial charge in [0.05, 0.1) is 22.9 Å². The van der Waals surface area contributed by atoms with E-state index in [0.717, 1.165) is 0 Å². The Kier molecular flexibility index (Phi) is 5.74. The van der Waals surface area contributed by atoms with E-state index in [2.05, 4.69) is 10.6 Å². The van der Waals surface area contributed by atoms with Gasteiger partial charge < -0.3 is 22.5 Å². The molecular weight excluding hydrogens is 282 g/mol. The van der Waals surface area contributed by atoms with Crippen molar-refractivity contribution in [2.45, 2.75) is 4.90 Å². The molecular formula is C11H19N5O3S. The molecule has 1 rings (SSSR count). The van der Waals surface area contributed by atoms with Crippen molar-refractivity contribution >= 4 is 27.1 Å². The number of benzene rings is 1. The maximum absolute atomic E-state index is 11.8. The topological polar surface area (TPSA) is 153 Å². The van der Waals surface area contributed by atoms with Crippen molar-refractivity contribution in [2.24, 2.45) is 11.5 Å². The van der Waals surface area contributed by atoms with Crippen LogP contribution in [0, 0.1) is 0 Å². The van der Waals surface area contributed by atoms with Gasteiger partial charge >= 0.3 is 0 Å². The lowest BCUT2D eigenvalue weighted by molar-refractivity contribution is -0.115. The van der Waals surface area contributed by atoms with Crippen LogP contribution in [-0.4, -0.2) is 39.8 Å². The first-order valence-electron chi connectivity index (χ1n) is 5.92. The first-order chi connectivity index (χ1) is 9.36. The van der Waals surface area contributed by atoms with Crippen LogP contribution in [0.2, 0.25) is 0 Å². The predicted molar refractivity (Wildman–Crippen MR) is 77.6 cm³/mol. The molecule has 112 valence electrons. The van der Waals surface area contributed by atoms with Crippen molar-refractivity contribution in [2.75, 3.05) is 36.6 Å². The van der Waals surface area contributed by atoms with Crippen LogP contribution in [-0.2, 0) is 14.6 Å². The number of anilines is 2. The van der Waals surface area contributed by atoms with E-state index in [1.165, 1.54) is 18.2 Å². The first-order valence-corrected chi connectivity index (χ1v) is 7.57. The van der Waals surface area contributed by atoms with Crippen LogP contribution in [0.4, 0.5) is 11.4 Å². The third-order valence-corrected chi connectivity index (χ3v) is 4.08. The molecule has 1 aromatic carbocycles. The van der Waals surface area contributed by atoms with Gasteiger partial charge in [0.15, 0.2) is 9.84 Å². The molecule has 0 radical (unpaired) electrons. The number of carbonyl (C=O) groups is 1. The fraction of sp³-hybridized carbons (Fsp3) is 0.364. The first kappa shape index (κ1) is 16.2. The van der Waals surface area contributed by atoms with Gasteiger partial charge in [-0.05, 0) is 18.2 Å². The van der Waals surface area contributed by atoms with E-state index in [1.807, 2.05) is 0 Å². The fourth-order valence-electron chi connectivity index (χ4n) is 1.51. The number of hydrogen-bond acceptors (Lipinski definition) is 7. The second kappa shape index (κ2) is 7.08. The molecule has 1 amide bonds. The van der Waals surface area contributed by atoms with Crippen LogP contribution in [0.1, 0.15) is 0 Å². The average Bonchev–Trinajstić information content (AvgIpc) is 2.34. The molecule has 0 aliphatic rings. The van der Waals surface area contributed by atoms with E-state index in [9.17, 15) is 13.2 Å². The van der Waals surface area contributed by atoms with Crippen LogP contribution in [0.25, 0.3) is 0 Å². The van der Waals surface area contributed by atoms with Gasteiger partial charge in [-0.3, -0.25) is 10.1 Å². The molecule has 0 aliphatic heterocycles. The monoisotopic (exact) mass is 301 g/mol. The normalized spacial score (nSPS) is 11.2. The van der Waals surface area contributed by atoms with Crippen LogP contribution < -0.4 is 27.8 Å². The number of carbonyl (C=O) groups excluding carboxylic acids is 1. The number of rotatable bonds is 8. The van der Waals surface area contributed by atoms with Gasteiger partial charge in [0.25, 0.3) is 0 Å². The summed E-state index contributed by atoms with van der Waals surface area (Å²) < 4.78 is 23.6. The number of hydrogen-bond donors (Lipinski definition) is 5. The second-order valence-electron chi connectivity index (χ2n) is 4.12. The molecule has 0 heterocycles. The molecule has 8 nitrogen and oxygen atoms in total. The number of amides is 1. The smallest absolute Gasteiger partial charge is 0.233 e. The lowest BCUT2D eigenvalue weighted by Crippen LogP contribution is -2.27. The molecule has 0 saturated carbocycles. The van der Waals surface area contributed by atoms with Crippen molar-refractivity contribution < 1.29 is 13.2 Å². The molecule has 0 atom stereocenters. The summed E-state index contributed by atoms with van der Waals surface area (Å²) in [4.78, 5) is 10.7. The van der Waals surface area contributed by atoms with E-state index in [-0.39, 0.29) is 10.6 Å². The van der Waals surface area contributed by atoms with Crippen molar-refractivity contribution in [3.05, 3.63) is 18.2 Å². The molecule has 0 aromatic heterocycles. The van der Waals surface area contributed by atoms with Gasteiger partial charge in [-0.15, -0.1) is 0 Å². The highest BCUT2D eigenvalue weighted by atomic mass is 32.2. The quantitative estimate of drug-likeness (QED) is 0.221. The molecule has 1 aromatic rings. The third-order valence-electron chi connectivity index (χ3n) is 2.44. The summed E-state index contributed by atoms with van der Waals surface area (Å²) in [6.07, 6.45) is 0. The lowest BCUT2D eigenvalue weighted by Gasteiger charge is -2.11. The van der Waals surface area contributed by atoms with E-state index in [0.29, 0.717) is 25.4 Å². The van der Waals surface area contributed by atoms with Gasteiger partial charge in [0.1, 0.15) is 5.75 Å². The molecule has 8 N–H and O–H groups in total. The summed E-state index contributed by atoms with van der Waals surface area (Å²) in [7, 11) is -3.74. The molecule has 0 unspecified atom stereocenters. The maximum Gasteiger partial charge on any atom is 0.233 e. The molecule has 0 spiro atoms. The van der Waals surface area contributed by atoms with Gasteiger partial charge in [0, 0.05) is 13.1 Å². The number of nitrogens with two attached hydrogens (primary N) is 3. The average molecular weight is 301 g/mol. The second-order valence-corrected chi connectivity index (χ2v) is 6.11. The number of sulfone groups is 1. The Morgan fingerprint density at radius 2 is 2.00 bits per heavy atom. The molecule has 20 heavy (non-hydrogen) atoms. The van der Waals surface area contributed by atoms with Crippen molar-refractivity contribution in [1.82, 2.24) is 5.32 Å². The van der Waals surface area contributed by atoms with Gasteiger partial charge in [0.2, 0.25) is 5.91 Å². The van der Waals surface area contributed by atoms with E-state index in [4.69, 9.17) is 17.2 Å². The highest BCUT2D eigenvalue weighted by molar-refractivity contribution is 7.92. The maximum atomic E-state index is 11.8.